The molecule has 0 spiro atoms. The number of carboxylic acid groups (broad SMARTS) is 1. The standard InChI is InChI=1S/C18H14O3.C2H6/c1-11-15-8-7-13(12-5-3-2-4-6-12)9-14(15)10-16(17(11)19)18(20)21;1-2/h2-10,19H,1H3,(H,20,21);1-2H3. The van der Waals surface area contributed by atoms with Crippen molar-refractivity contribution in [2.45, 2.75) is 20.8 Å². The van der Waals surface area contributed by atoms with Gasteiger partial charge in [0.15, 0.2) is 0 Å². The molecule has 118 valence electrons. The van der Waals surface area contributed by atoms with Crippen LogP contribution >= 0.6 is 0 Å². The number of rotatable bonds is 2. The summed E-state index contributed by atoms with van der Waals surface area (Å²) in [4.78, 5) is 11.2. The van der Waals surface area contributed by atoms with Crippen LogP contribution < -0.4 is 0 Å². The number of phenols is 1. The summed E-state index contributed by atoms with van der Waals surface area (Å²) in [5, 5.41) is 20.8. The molecule has 0 saturated carbocycles. The van der Waals surface area contributed by atoms with Gasteiger partial charge in [0.05, 0.1) is 0 Å². The number of hydrogen-bond donors (Lipinski definition) is 2. The van der Waals surface area contributed by atoms with Crippen LogP contribution in [-0.2, 0) is 0 Å². The van der Waals surface area contributed by atoms with Crippen LogP contribution in [-0.4, -0.2) is 16.2 Å². The molecule has 0 bridgehead atoms. The van der Waals surface area contributed by atoms with Crippen molar-refractivity contribution in [1.82, 2.24) is 0 Å². The molecule has 2 N–H and O–H groups in total. The SMILES string of the molecule is CC.Cc1c(O)c(C(=O)O)cc2cc(-c3ccccc3)ccc12. The molecule has 0 atom stereocenters. The second-order valence-electron chi connectivity index (χ2n) is 5.00. The zero-order chi connectivity index (χ0) is 17.0. The highest BCUT2D eigenvalue weighted by Crippen LogP contribution is 2.33. The van der Waals surface area contributed by atoms with Crippen LogP contribution in [0.2, 0.25) is 0 Å². The Kier molecular flexibility index (Phi) is 5.02. The Bertz CT molecular complexity index is 836. The third-order valence-corrected chi connectivity index (χ3v) is 3.70. The van der Waals surface area contributed by atoms with Gasteiger partial charge in [-0.1, -0.05) is 56.3 Å². The van der Waals surface area contributed by atoms with Gasteiger partial charge in [-0.15, -0.1) is 0 Å². The van der Waals surface area contributed by atoms with Crippen molar-refractivity contribution < 1.29 is 15.0 Å². The largest absolute Gasteiger partial charge is 0.507 e. The molecule has 3 nitrogen and oxygen atoms in total. The van der Waals surface area contributed by atoms with E-state index >= 15 is 0 Å². The van der Waals surface area contributed by atoms with Crippen molar-refractivity contribution in [3.05, 3.63) is 65.7 Å². The van der Waals surface area contributed by atoms with Crippen LogP contribution in [0.25, 0.3) is 21.9 Å². The maximum atomic E-state index is 11.2. The highest BCUT2D eigenvalue weighted by atomic mass is 16.4. The number of carbonyl (C=O) groups is 1. The van der Waals surface area contributed by atoms with Crippen LogP contribution in [0.5, 0.6) is 5.75 Å². The Hall–Kier alpha value is -2.81. The zero-order valence-corrected chi connectivity index (χ0v) is 13.5. The number of carboxylic acids is 1. The second-order valence-corrected chi connectivity index (χ2v) is 5.00. The number of fused-ring (bicyclic) bond motifs is 1. The Labute approximate surface area is 135 Å². The van der Waals surface area contributed by atoms with Gasteiger partial charge in [-0.25, -0.2) is 4.79 Å². The van der Waals surface area contributed by atoms with E-state index in [0.717, 1.165) is 21.9 Å². The molecule has 0 aliphatic heterocycles. The van der Waals surface area contributed by atoms with E-state index in [4.69, 9.17) is 0 Å². The molecule has 0 aromatic heterocycles. The predicted octanol–water partition coefficient (Wildman–Crippen LogP) is 5.25. The fourth-order valence-corrected chi connectivity index (χ4v) is 2.55. The molecule has 3 aromatic carbocycles. The third kappa shape index (κ3) is 3.19. The first kappa shape index (κ1) is 16.6. The topological polar surface area (TPSA) is 57.5 Å². The lowest BCUT2D eigenvalue weighted by molar-refractivity contribution is 0.0694. The van der Waals surface area contributed by atoms with Crippen LogP contribution in [0, 0.1) is 6.92 Å². The van der Waals surface area contributed by atoms with Gasteiger partial charge in [0.25, 0.3) is 0 Å². The Morgan fingerprint density at radius 1 is 0.913 bits per heavy atom. The van der Waals surface area contributed by atoms with E-state index in [9.17, 15) is 15.0 Å². The molecule has 0 fully saturated rings. The van der Waals surface area contributed by atoms with E-state index in [1.54, 1.807) is 6.92 Å². The summed E-state index contributed by atoms with van der Waals surface area (Å²) < 4.78 is 0. The molecule has 3 aromatic rings. The lowest BCUT2D eigenvalue weighted by Crippen LogP contribution is -1.98. The average Bonchev–Trinajstić information content (AvgIpc) is 2.60. The van der Waals surface area contributed by atoms with Crippen LogP contribution in [0.3, 0.4) is 0 Å². The maximum absolute atomic E-state index is 11.2. The molecule has 0 radical (unpaired) electrons. The van der Waals surface area contributed by atoms with Gasteiger partial charge in [0.1, 0.15) is 11.3 Å². The van der Waals surface area contributed by atoms with Crippen molar-refractivity contribution in [3.8, 4) is 16.9 Å². The first-order valence-corrected chi connectivity index (χ1v) is 7.63. The molecule has 23 heavy (non-hydrogen) atoms. The van der Waals surface area contributed by atoms with Gasteiger partial charge < -0.3 is 10.2 Å². The monoisotopic (exact) mass is 308 g/mol. The molecule has 0 saturated heterocycles. The Morgan fingerprint density at radius 2 is 1.57 bits per heavy atom. The number of aromatic hydroxyl groups is 1. The minimum absolute atomic E-state index is 0.0646. The number of hydrogen-bond acceptors (Lipinski definition) is 2. The summed E-state index contributed by atoms with van der Waals surface area (Å²) in [6.45, 7) is 5.73. The summed E-state index contributed by atoms with van der Waals surface area (Å²) in [7, 11) is 0. The molecule has 3 heteroatoms. The molecular weight excluding hydrogens is 288 g/mol. The Balaban J connectivity index is 0.000000924. The fraction of sp³-hybridized carbons (Fsp3) is 0.150. The predicted molar refractivity (Wildman–Crippen MR) is 94.1 cm³/mol. The van der Waals surface area contributed by atoms with E-state index < -0.39 is 5.97 Å². The van der Waals surface area contributed by atoms with Gasteiger partial charge >= 0.3 is 5.97 Å². The smallest absolute Gasteiger partial charge is 0.339 e. The van der Waals surface area contributed by atoms with Gasteiger partial charge in [0, 0.05) is 0 Å². The van der Waals surface area contributed by atoms with E-state index in [1.165, 1.54) is 6.07 Å². The van der Waals surface area contributed by atoms with E-state index in [2.05, 4.69) is 0 Å². The molecule has 3 rings (SSSR count). The first-order chi connectivity index (χ1) is 11.1. The zero-order valence-electron chi connectivity index (χ0n) is 13.5. The summed E-state index contributed by atoms with van der Waals surface area (Å²) in [6.07, 6.45) is 0. The van der Waals surface area contributed by atoms with E-state index in [0.29, 0.717) is 5.56 Å². The van der Waals surface area contributed by atoms with Crippen LogP contribution in [0.4, 0.5) is 0 Å². The van der Waals surface area contributed by atoms with Gasteiger partial charge in [0.2, 0.25) is 0 Å². The maximum Gasteiger partial charge on any atom is 0.339 e. The second kappa shape index (κ2) is 6.97. The quantitative estimate of drug-likeness (QED) is 0.680. The Morgan fingerprint density at radius 3 is 2.17 bits per heavy atom. The number of benzene rings is 3. The average molecular weight is 308 g/mol. The minimum Gasteiger partial charge on any atom is -0.507 e. The van der Waals surface area contributed by atoms with E-state index in [1.807, 2.05) is 62.4 Å². The van der Waals surface area contributed by atoms with Gasteiger partial charge in [-0.3, -0.25) is 0 Å². The summed E-state index contributed by atoms with van der Waals surface area (Å²) in [6, 6.07) is 17.3. The van der Waals surface area contributed by atoms with E-state index in [-0.39, 0.29) is 11.3 Å². The summed E-state index contributed by atoms with van der Waals surface area (Å²) in [5.74, 6) is -1.29. The van der Waals surface area contributed by atoms with Crippen molar-refractivity contribution in [2.75, 3.05) is 0 Å². The molecule has 0 unspecified atom stereocenters. The van der Waals surface area contributed by atoms with Crippen molar-refractivity contribution in [3.63, 3.8) is 0 Å². The van der Waals surface area contributed by atoms with Crippen LogP contribution in [0.15, 0.2) is 54.6 Å². The number of aryl methyl sites for hydroxylation is 1. The van der Waals surface area contributed by atoms with Crippen molar-refractivity contribution in [2.24, 2.45) is 0 Å². The van der Waals surface area contributed by atoms with Crippen molar-refractivity contribution in [1.29, 1.82) is 0 Å². The molecular formula is C20H20O3. The van der Waals surface area contributed by atoms with Gasteiger partial charge in [-0.05, 0) is 46.5 Å². The fourth-order valence-electron chi connectivity index (χ4n) is 2.55. The lowest BCUT2D eigenvalue weighted by atomic mass is 9.96. The van der Waals surface area contributed by atoms with Crippen LogP contribution in [0.1, 0.15) is 29.8 Å². The summed E-state index contributed by atoms with van der Waals surface area (Å²) >= 11 is 0. The summed E-state index contributed by atoms with van der Waals surface area (Å²) in [5.41, 5.74) is 2.61. The normalized spacial score (nSPS) is 10.0. The molecule has 0 aliphatic carbocycles. The molecule has 0 heterocycles. The highest BCUT2D eigenvalue weighted by Gasteiger charge is 2.15. The third-order valence-electron chi connectivity index (χ3n) is 3.70. The number of aromatic carboxylic acids is 1. The van der Waals surface area contributed by atoms with Crippen molar-refractivity contribution >= 4 is 16.7 Å². The molecule has 0 aliphatic rings. The first-order valence-electron chi connectivity index (χ1n) is 7.63. The highest BCUT2D eigenvalue weighted by molar-refractivity contribution is 6.00. The van der Waals surface area contributed by atoms with Gasteiger partial charge in [-0.2, -0.15) is 0 Å². The lowest BCUT2D eigenvalue weighted by Gasteiger charge is -2.10. The molecule has 0 amide bonds. The minimum atomic E-state index is -1.12.